The average molecular weight is 245 g/mol. The fourth-order valence-corrected chi connectivity index (χ4v) is 1.29. The molecule has 0 saturated carbocycles. The van der Waals surface area contributed by atoms with E-state index in [1.807, 2.05) is 13.8 Å². The van der Waals surface area contributed by atoms with Gasteiger partial charge in [-0.15, -0.1) is 0 Å². The van der Waals surface area contributed by atoms with E-state index in [1.165, 1.54) is 13.2 Å². The minimum absolute atomic E-state index is 0.126. The van der Waals surface area contributed by atoms with E-state index < -0.39 is 6.61 Å². The summed E-state index contributed by atoms with van der Waals surface area (Å²) in [5.74, 6) is 1.12. The van der Waals surface area contributed by atoms with Gasteiger partial charge in [0.1, 0.15) is 11.5 Å². The first-order chi connectivity index (χ1) is 8.02. The van der Waals surface area contributed by atoms with E-state index in [9.17, 15) is 8.78 Å². The summed E-state index contributed by atoms with van der Waals surface area (Å²) in [6.07, 6.45) is 0. The predicted molar refractivity (Wildman–Crippen MR) is 63.0 cm³/mol. The third-order valence-corrected chi connectivity index (χ3v) is 2.10. The molecule has 1 aromatic carbocycles. The highest BCUT2D eigenvalue weighted by molar-refractivity contribution is 5.59. The zero-order valence-electron chi connectivity index (χ0n) is 10.2. The van der Waals surface area contributed by atoms with Crippen LogP contribution in [-0.2, 0) is 0 Å². The first-order valence-corrected chi connectivity index (χ1v) is 5.39. The summed E-state index contributed by atoms with van der Waals surface area (Å²) >= 11 is 0. The maximum absolute atomic E-state index is 12.2. The lowest BCUT2D eigenvalue weighted by molar-refractivity contribution is -0.0493. The van der Waals surface area contributed by atoms with Crippen LogP contribution in [0, 0.1) is 5.92 Å². The first-order valence-electron chi connectivity index (χ1n) is 5.39. The average Bonchev–Trinajstić information content (AvgIpc) is 2.27. The van der Waals surface area contributed by atoms with Gasteiger partial charge in [0, 0.05) is 12.6 Å². The minimum atomic E-state index is -2.83. The molecule has 1 rings (SSSR count). The third kappa shape index (κ3) is 4.46. The Kier molecular flexibility index (Phi) is 5.00. The molecule has 0 spiro atoms. The summed E-state index contributed by atoms with van der Waals surface area (Å²) in [5.41, 5.74) is 0.512. The molecular weight excluding hydrogens is 228 g/mol. The van der Waals surface area contributed by atoms with Gasteiger partial charge in [-0.1, -0.05) is 13.8 Å². The van der Waals surface area contributed by atoms with E-state index >= 15 is 0 Å². The molecular formula is C12H17F2NO2. The molecule has 1 aromatic rings. The molecule has 5 heteroatoms. The van der Waals surface area contributed by atoms with Gasteiger partial charge < -0.3 is 14.8 Å². The molecule has 17 heavy (non-hydrogen) atoms. The molecule has 0 fully saturated rings. The van der Waals surface area contributed by atoms with Gasteiger partial charge in [0.2, 0.25) is 0 Å². The van der Waals surface area contributed by atoms with Crippen molar-refractivity contribution in [1.29, 1.82) is 0 Å². The predicted octanol–water partition coefficient (Wildman–Crippen LogP) is 3.36. The van der Waals surface area contributed by atoms with Gasteiger partial charge in [-0.2, -0.15) is 8.78 Å². The van der Waals surface area contributed by atoms with Gasteiger partial charge >= 0.3 is 6.61 Å². The number of rotatable bonds is 6. The molecule has 0 aliphatic rings. The summed E-state index contributed by atoms with van der Waals surface area (Å²) in [6, 6.07) is 4.69. The normalized spacial score (nSPS) is 10.8. The summed E-state index contributed by atoms with van der Waals surface area (Å²) in [5, 5.41) is 3.05. The second kappa shape index (κ2) is 6.27. The standard InChI is InChI=1S/C12H17F2NO2/c1-8(2)7-15-10-6-9(16-3)4-5-11(10)17-12(13)14/h4-6,8,12,15H,7H2,1-3H3. The molecule has 0 aliphatic heterocycles. The van der Waals surface area contributed by atoms with Crippen LogP contribution in [0.1, 0.15) is 13.8 Å². The maximum atomic E-state index is 12.2. The van der Waals surface area contributed by atoms with Gasteiger partial charge in [-0.05, 0) is 18.1 Å². The Balaban J connectivity index is 2.86. The second-order valence-electron chi connectivity index (χ2n) is 4.02. The Labute approximate surface area is 99.7 Å². The molecule has 0 amide bonds. The molecule has 0 heterocycles. The van der Waals surface area contributed by atoms with Gasteiger partial charge in [0.15, 0.2) is 0 Å². The number of halogens is 2. The van der Waals surface area contributed by atoms with Gasteiger partial charge in [0.05, 0.1) is 12.8 Å². The summed E-state index contributed by atoms with van der Waals surface area (Å²) < 4.78 is 33.9. The van der Waals surface area contributed by atoms with Crippen molar-refractivity contribution in [1.82, 2.24) is 0 Å². The van der Waals surface area contributed by atoms with Crippen molar-refractivity contribution in [2.45, 2.75) is 20.5 Å². The lowest BCUT2D eigenvalue weighted by atomic mass is 10.2. The third-order valence-electron chi connectivity index (χ3n) is 2.10. The number of methoxy groups -OCH3 is 1. The molecule has 96 valence electrons. The van der Waals surface area contributed by atoms with Gasteiger partial charge in [0.25, 0.3) is 0 Å². The highest BCUT2D eigenvalue weighted by Crippen LogP contribution is 2.30. The van der Waals surface area contributed by atoms with Crippen LogP contribution in [0.5, 0.6) is 11.5 Å². The highest BCUT2D eigenvalue weighted by Gasteiger charge is 2.11. The van der Waals surface area contributed by atoms with Crippen molar-refractivity contribution in [2.24, 2.45) is 5.92 Å². The molecule has 0 aromatic heterocycles. The van der Waals surface area contributed by atoms with Gasteiger partial charge in [-0.25, -0.2) is 0 Å². The van der Waals surface area contributed by atoms with Crippen molar-refractivity contribution in [3.8, 4) is 11.5 Å². The van der Waals surface area contributed by atoms with Crippen molar-refractivity contribution >= 4 is 5.69 Å². The van der Waals surface area contributed by atoms with Crippen molar-refractivity contribution in [2.75, 3.05) is 19.0 Å². The molecule has 0 radical (unpaired) electrons. The number of benzene rings is 1. The Morgan fingerprint density at radius 3 is 2.53 bits per heavy atom. The second-order valence-corrected chi connectivity index (χ2v) is 4.02. The quantitative estimate of drug-likeness (QED) is 0.833. The fraction of sp³-hybridized carbons (Fsp3) is 0.500. The molecule has 0 saturated heterocycles. The van der Waals surface area contributed by atoms with E-state index in [-0.39, 0.29) is 5.75 Å². The number of hydrogen-bond acceptors (Lipinski definition) is 3. The lowest BCUT2D eigenvalue weighted by Crippen LogP contribution is -2.11. The molecule has 0 unspecified atom stereocenters. The van der Waals surface area contributed by atoms with E-state index in [0.29, 0.717) is 23.9 Å². The highest BCUT2D eigenvalue weighted by atomic mass is 19.3. The summed E-state index contributed by atoms with van der Waals surface area (Å²) in [4.78, 5) is 0. The Bertz CT molecular complexity index is 356. The van der Waals surface area contributed by atoms with Crippen molar-refractivity contribution in [3.63, 3.8) is 0 Å². The molecule has 3 nitrogen and oxygen atoms in total. The Morgan fingerprint density at radius 2 is 2.00 bits per heavy atom. The van der Waals surface area contributed by atoms with E-state index in [0.717, 1.165) is 0 Å². The van der Waals surface area contributed by atoms with Crippen LogP contribution in [0.25, 0.3) is 0 Å². The molecule has 1 N–H and O–H groups in total. The zero-order valence-corrected chi connectivity index (χ0v) is 10.2. The molecule has 0 bridgehead atoms. The van der Waals surface area contributed by atoms with Gasteiger partial charge in [-0.3, -0.25) is 0 Å². The first kappa shape index (κ1) is 13.5. The van der Waals surface area contributed by atoms with Crippen LogP contribution in [0.15, 0.2) is 18.2 Å². The fourth-order valence-electron chi connectivity index (χ4n) is 1.29. The Hall–Kier alpha value is -1.52. The van der Waals surface area contributed by atoms with Crippen molar-refractivity contribution < 1.29 is 18.3 Å². The van der Waals surface area contributed by atoms with E-state index in [1.54, 1.807) is 12.1 Å². The van der Waals surface area contributed by atoms with Crippen LogP contribution in [-0.4, -0.2) is 20.3 Å². The van der Waals surface area contributed by atoms with Crippen LogP contribution in [0.4, 0.5) is 14.5 Å². The smallest absolute Gasteiger partial charge is 0.387 e. The summed E-state index contributed by atoms with van der Waals surface area (Å²) in [7, 11) is 1.52. The van der Waals surface area contributed by atoms with E-state index in [4.69, 9.17) is 4.74 Å². The van der Waals surface area contributed by atoms with Crippen molar-refractivity contribution in [3.05, 3.63) is 18.2 Å². The topological polar surface area (TPSA) is 30.5 Å². The Morgan fingerprint density at radius 1 is 1.29 bits per heavy atom. The lowest BCUT2D eigenvalue weighted by Gasteiger charge is -2.15. The zero-order chi connectivity index (χ0) is 12.8. The number of hydrogen-bond donors (Lipinski definition) is 1. The maximum Gasteiger partial charge on any atom is 0.387 e. The largest absolute Gasteiger partial charge is 0.497 e. The number of nitrogens with one attached hydrogen (secondary N) is 1. The molecule has 0 atom stereocenters. The van der Waals surface area contributed by atoms with Crippen LogP contribution < -0.4 is 14.8 Å². The number of alkyl halides is 2. The van der Waals surface area contributed by atoms with Crippen LogP contribution >= 0.6 is 0 Å². The number of ether oxygens (including phenoxy) is 2. The van der Waals surface area contributed by atoms with Crippen LogP contribution in [0.2, 0.25) is 0 Å². The monoisotopic (exact) mass is 245 g/mol. The molecule has 0 aliphatic carbocycles. The van der Waals surface area contributed by atoms with E-state index in [2.05, 4.69) is 10.1 Å². The summed E-state index contributed by atoms with van der Waals surface area (Å²) in [6.45, 7) is 1.90. The SMILES string of the molecule is COc1ccc(OC(F)F)c(NCC(C)C)c1. The minimum Gasteiger partial charge on any atom is -0.497 e. The number of anilines is 1. The van der Waals surface area contributed by atoms with Crippen LogP contribution in [0.3, 0.4) is 0 Å².